The fraction of sp³-hybridized carbons (Fsp3) is 0.677. The van der Waals surface area contributed by atoms with Crippen molar-refractivity contribution in [1.82, 2.24) is 20.9 Å². The fourth-order valence-corrected chi connectivity index (χ4v) is 2.19. The number of amides is 4. The second kappa shape index (κ2) is 34.1. The molecule has 0 aromatic heterocycles. The maximum atomic E-state index is 12.0. The number of unbranched alkanes of at least 4 members (excludes halogenated alkanes) is 2. The minimum Gasteiger partial charge on any atom is -0.358 e. The topological polar surface area (TPSA) is 108 Å². The molecule has 0 saturated carbocycles. The van der Waals surface area contributed by atoms with E-state index in [1.807, 2.05) is 48.5 Å². The van der Waals surface area contributed by atoms with Crippen molar-refractivity contribution in [2.45, 2.75) is 108 Å². The number of alkyl halides is 3. The number of halogens is 3. The van der Waals surface area contributed by atoms with Gasteiger partial charge in [0, 0.05) is 20.5 Å². The number of hydrogen-bond acceptors (Lipinski definition) is 4. The van der Waals surface area contributed by atoms with E-state index in [9.17, 15) is 32.3 Å². The summed E-state index contributed by atoms with van der Waals surface area (Å²) >= 11 is 0. The molecule has 0 heterocycles. The van der Waals surface area contributed by atoms with Crippen LogP contribution >= 0.6 is 0 Å². The standard InChI is InChI=1S/C13H24N4O4.C8H7F3.C4H10.3C2H6/c1-4-5-6-17(9-12(20)14-3)13(21)8-16-11(19)7-15-10(2)18;1-6-2-4-7(5-3-6)8(9,10)11;1-3-4-2;3*1-2/h4-9H2,1-3H3,(H,14,20)(H,15,18)(H,16,19);2-5H,1H3;3-4H2,1-2H3;3*1-2H3. The van der Waals surface area contributed by atoms with Crippen molar-refractivity contribution in [2.24, 2.45) is 0 Å². The van der Waals surface area contributed by atoms with Gasteiger partial charge in [-0.05, 0) is 25.5 Å². The van der Waals surface area contributed by atoms with Gasteiger partial charge in [-0.3, -0.25) is 19.2 Å². The molecule has 4 amide bonds. The third-order valence-corrected chi connectivity index (χ3v) is 4.56. The Morgan fingerprint density at radius 1 is 0.762 bits per heavy atom. The highest BCUT2D eigenvalue weighted by molar-refractivity contribution is 5.89. The van der Waals surface area contributed by atoms with Crippen LogP contribution in [0.15, 0.2) is 24.3 Å². The van der Waals surface area contributed by atoms with Gasteiger partial charge in [-0.15, -0.1) is 0 Å². The summed E-state index contributed by atoms with van der Waals surface area (Å²) in [5.41, 5.74) is 0.237. The summed E-state index contributed by atoms with van der Waals surface area (Å²) in [5.74, 6) is -1.36. The third kappa shape index (κ3) is 33.1. The SMILES string of the molecule is CC.CC.CC.CCCC.CCCCN(CC(=O)NC)C(=O)CNC(=O)CNC(C)=O.Cc1ccc(C(F)(F)F)cc1. The number of carbonyl (C=O) groups excluding carboxylic acids is 4. The summed E-state index contributed by atoms with van der Waals surface area (Å²) in [5, 5.41) is 7.20. The lowest BCUT2D eigenvalue weighted by Gasteiger charge is -2.21. The second-order valence-electron chi connectivity index (χ2n) is 7.89. The maximum absolute atomic E-state index is 12.0. The third-order valence-electron chi connectivity index (χ3n) is 4.56. The van der Waals surface area contributed by atoms with E-state index >= 15 is 0 Å². The lowest BCUT2D eigenvalue weighted by atomic mass is 10.1. The minimum atomic E-state index is -4.21. The zero-order valence-corrected chi connectivity index (χ0v) is 28.2. The quantitative estimate of drug-likeness (QED) is 0.281. The van der Waals surface area contributed by atoms with Gasteiger partial charge in [0.25, 0.3) is 0 Å². The number of likely N-dealkylation sites (N-methyl/N-ethyl adjacent to an activating group) is 1. The van der Waals surface area contributed by atoms with Gasteiger partial charge in [0.1, 0.15) is 0 Å². The van der Waals surface area contributed by atoms with Crippen molar-refractivity contribution in [2.75, 3.05) is 33.2 Å². The molecule has 1 aromatic carbocycles. The lowest BCUT2D eigenvalue weighted by Crippen LogP contribution is -2.46. The van der Waals surface area contributed by atoms with Crippen molar-refractivity contribution in [3.8, 4) is 0 Å². The van der Waals surface area contributed by atoms with Crippen LogP contribution in [-0.4, -0.2) is 61.8 Å². The summed E-state index contributed by atoms with van der Waals surface area (Å²) in [6, 6.07) is 5.05. The van der Waals surface area contributed by atoms with Crippen LogP contribution in [0.2, 0.25) is 0 Å². The number of carbonyl (C=O) groups is 4. The number of benzene rings is 1. The summed E-state index contributed by atoms with van der Waals surface area (Å²) in [4.78, 5) is 46.8. The molecule has 0 aliphatic heterocycles. The highest BCUT2D eigenvalue weighted by atomic mass is 19.4. The van der Waals surface area contributed by atoms with Crippen LogP contribution in [0.4, 0.5) is 13.2 Å². The second-order valence-corrected chi connectivity index (χ2v) is 7.89. The molecule has 1 aromatic rings. The van der Waals surface area contributed by atoms with E-state index in [4.69, 9.17) is 0 Å². The van der Waals surface area contributed by atoms with Crippen LogP contribution in [-0.2, 0) is 25.4 Å². The Kier molecular flexibility index (Phi) is 39.5. The van der Waals surface area contributed by atoms with Gasteiger partial charge < -0.3 is 20.9 Å². The normalized spacial score (nSPS) is 9.02. The van der Waals surface area contributed by atoms with Gasteiger partial charge in [-0.2, -0.15) is 13.2 Å². The number of nitrogens with one attached hydrogen (secondary N) is 3. The molecule has 0 fully saturated rings. The van der Waals surface area contributed by atoms with Gasteiger partial charge in [0.05, 0.1) is 25.2 Å². The monoisotopic (exact) mass is 608 g/mol. The highest BCUT2D eigenvalue weighted by Gasteiger charge is 2.29. The lowest BCUT2D eigenvalue weighted by molar-refractivity contribution is -0.137. The predicted molar refractivity (Wildman–Crippen MR) is 168 cm³/mol. The molecule has 0 spiro atoms. The summed E-state index contributed by atoms with van der Waals surface area (Å²) in [6.07, 6.45) is 0.0999. The molecule has 3 N–H and O–H groups in total. The molecule has 0 unspecified atom stereocenters. The van der Waals surface area contributed by atoms with Crippen LogP contribution in [0.1, 0.15) is 106 Å². The van der Waals surface area contributed by atoms with Crippen LogP contribution in [0, 0.1) is 6.92 Å². The number of hydrogen-bond donors (Lipinski definition) is 3. The Morgan fingerprint density at radius 2 is 1.24 bits per heavy atom. The average Bonchev–Trinajstić information content (AvgIpc) is 3.00. The van der Waals surface area contributed by atoms with Gasteiger partial charge in [0.15, 0.2) is 0 Å². The van der Waals surface area contributed by atoms with E-state index in [2.05, 4.69) is 29.8 Å². The van der Waals surface area contributed by atoms with Crippen LogP contribution in [0.3, 0.4) is 0 Å². The largest absolute Gasteiger partial charge is 0.416 e. The molecule has 248 valence electrons. The van der Waals surface area contributed by atoms with Crippen molar-refractivity contribution in [3.63, 3.8) is 0 Å². The van der Waals surface area contributed by atoms with E-state index in [-0.39, 0.29) is 37.4 Å². The molecule has 0 atom stereocenters. The van der Waals surface area contributed by atoms with E-state index < -0.39 is 17.6 Å². The van der Waals surface area contributed by atoms with Crippen LogP contribution in [0.25, 0.3) is 0 Å². The molecule has 1 rings (SSSR count). The zero-order chi connectivity index (χ0) is 34.1. The molecule has 8 nitrogen and oxygen atoms in total. The molecule has 0 aliphatic rings. The molecule has 0 radical (unpaired) electrons. The Balaban J connectivity index is -0.000000180. The van der Waals surface area contributed by atoms with Crippen molar-refractivity contribution in [3.05, 3.63) is 35.4 Å². The van der Waals surface area contributed by atoms with E-state index in [1.54, 1.807) is 6.92 Å². The Morgan fingerprint density at radius 3 is 1.60 bits per heavy atom. The van der Waals surface area contributed by atoms with Gasteiger partial charge in [-0.25, -0.2) is 0 Å². The maximum Gasteiger partial charge on any atom is 0.416 e. The predicted octanol–water partition coefficient (Wildman–Crippen LogP) is 6.51. The van der Waals surface area contributed by atoms with Crippen molar-refractivity contribution in [1.29, 1.82) is 0 Å². The highest BCUT2D eigenvalue weighted by Crippen LogP contribution is 2.28. The molecule has 11 heteroatoms. The van der Waals surface area contributed by atoms with Crippen molar-refractivity contribution >= 4 is 23.6 Å². The first-order chi connectivity index (χ1) is 19.8. The molecule has 0 saturated heterocycles. The zero-order valence-electron chi connectivity index (χ0n) is 28.2. The van der Waals surface area contributed by atoms with Crippen LogP contribution < -0.4 is 16.0 Å². The van der Waals surface area contributed by atoms with Gasteiger partial charge in [0.2, 0.25) is 23.6 Å². The van der Waals surface area contributed by atoms with E-state index in [0.29, 0.717) is 6.54 Å². The Hall–Kier alpha value is -3.11. The summed E-state index contributed by atoms with van der Waals surface area (Å²) in [7, 11) is 1.50. The minimum absolute atomic E-state index is 0.0309. The van der Waals surface area contributed by atoms with Gasteiger partial charge in [-0.1, -0.05) is 99.3 Å². The smallest absolute Gasteiger partial charge is 0.358 e. The summed E-state index contributed by atoms with van der Waals surface area (Å²) in [6.45, 7) is 21.5. The Labute approximate surface area is 253 Å². The molecule has 0 aliphatic carbocycles. The number of aryl methyl sites for hydroxylation is 1. The van der Waals surface area contributed by atoms with Crippen LogP contribution in [0.5, 0.6) is 0 Å². The molecular formula is C31H59F3N4O4. The molecule has 42 heavy (non-hydrogen) atoms. The number of nitrogens with zero attached hydrogens (tertiary/aromatic N) is 1. The van der Waals surface area contributed by atoms with Gasteiger partial charge >= 0.3 is 6.18 Å². The number of rotatable bonds is 10. The average molecular weight is 609 g/mol. The first-order valence-electron chi connectivity index (χ1n) is 14.9. The molecule has 0 bridgehead atoms. The van der Waals surface area contributed by atoms with Crippen molar-refractivity contribution < 1.29 is 32.3 Å². The van der Waals surface area contributed by atoms with E-state index in [1.165, 1.54) is 43.8 Å². The fourth-order valence-electron chi connectivity index (χ4n) is 2.19. The Bertz CT molecular complexity index is 785. The summed E-state index contributed by atoms with van der Waals surface area (Å²) < 4.78 is 35.8. The van der Waals surface area contributed by atoms with E-state index in [0.717, 1.165) is 30.5 Å². The first-order valence-corrected chi connectivity index (χ1v) is 14.9. The molecular weight excluding hydrogens is 549 g/mol. The first kappa shape index (κ1) is 48.6.